The molecule has 1 rings (SSSR count). The summed E-state index contributed by atoms with van der Waals surface area (Å²) < 4.78 is 17.5. The molecule has 2 unspecified atom stereocenters. The number of hydrogen-bond donors (Lipinski definition) is 1. The maximum absolute atomic E-state index is 13.0. The number of methoxy groups -OCH3 is 1. The Balaban J connectivity index is 2.95. The van der Waals surface area contributed by atoms with Gasteiger partial charge in [0.25, 0.3) is 0 Å². The van der Waals surface area contributed by atoms with Gasteiger partial charge >= 0.3 is 5.97 Å². The van der Waals surface area contributed by atoms with Gasteiger partial charge in [0, 0.05) is 5.02 Å². The van der Waals surface area contributed by atoms with Crippen molar-refractivity contribution >= 4 is 17.6 Å². The number of rotatable bonds is 3. The fourth-order valence-electron chi connectivity index (χ4n) is 1.35. The molecule has 0 heterocycles. The third kappa shape index (κ3) is 2.93. The molecule has 3 nitrogen and oxygen atoms in total. The van der Waals surface area contributed by atoms with Crippen LogP contribution in [0.15, 0.2) is 18.2 Å². The molecular formula is C11H12ClFO3. The van der Waals surface area contributed by atoms with Crippen molar-refractivity contribution in [3.63, 3.8) is 0 Å². The SMILES string of the molecule is COC(=O)C(C)C(O)c1cc(F)cc(Cl)c1. The molecule has 0 saturated heterocycles. The molecule has 0 saturated carbocycles. The molecule has 0 bridgehead atoms. The van der Waals surface area contributed by atoms with Crippen molar-refractivity contribution in [2.24, 2.45) is 5.92 Å². The third-order valence-corrected chi connectivity index (χ3v) is 2.49. The van der Waals surface area contributed by atoms with E-state index in [-0.39, 0.29) is 10.6 Å². The van der Waals surface area contributed by atoms with Gasteiger partial charge in [0.2, 0.25) is 0 Å². The number of esters is 1. The Morgan fingerprint density at radius 3 is 2.62 bits per heavy atom. The Hall–Kier alpha value is -1.13. The number of carbonyl (C=O) groups is 1. The molecule has 0 amide bonds. The van der Waals surface area contributed by atoms with Crippen LogP contribution in [0.5, 0.6) is 0 Å². The average Bonchev–Trinajstić information content (AvgIpc) is 2.24. The van der Waals surface area contributed by atoms with E-state index in [9.17, 15) is 14.3 Å². The zero-order valence-corrected chi connectivity index (χ0v) is 9.66. The minimum Gasteiger partial charge on any atom is -0.469 e. The lowest BCUT2D eigenvalue weighted by Gasteiger charge is -2.17. The van der Waals surface area contributed by atoms with E-state index in [1.54, 1.807) is 0 Å². The molecule has 88 valence electrons. The first-order valence-electron chi connectivity index (χ1n) is 4.67. The highest BCUT2D eigenvalue weighted by molar-refractivity contribution is 6.30. The van der Waals surface area contributed by atoms with Crippen molar-refractivity contribution in [3.05, 3.63) is 34.6 Å². The molecule has 0 aliphatic heterocycles. The minimum atomic E-state index is -1.14. The standard InChI is InChI=1S/C11H12ClFO3/c1-6(11(15)16-2)10(14)7-3-8(12)5-9(13)4-7/h3-6,10,14H,1-2H3. The van der Waals surface area contributed by atoms with Crippen molar-refractivity contribution in [2.45, 2.75) is 13.0 Å². The highest BCUT2D eigenvalue weighted by Crippen LogP contribution is 2.26. The topological polar surface area (TPSA) is 46.5 Å². The van der Waals surface area contributed by atoms with E-state index in [4.69, 9.17) is 11.6 Å². The van der Waals surface area contributed by atoms with Crippen molar-refractivity contribution in [1.29, 1.82) is 0 Å². The van der Waals surface area contributed by atoms with Crippen LogP contribution in [0.3, 0.4) is 0 Å². The summed E-state index contributed by atoms with van der Waals surface area (Å²) in [6.07, 6.45) is -1.14. The summed E-state index contributed by atoms with van der Waals surface area (Å²) in [5.74, 6) is -1.89. The Kier molecular flexibility index (Phi) is 4.26. The van der Waals surface area contributed by atoms with Gasteiger partial charge in [-0.05, 0) is 30.7 Å². The van der Waals surface area contributed by atoms with Crippen molar-refractivity contribution in [2.75, 3.05) is 7.11 Å². The number of aliphatic hydroxyl groups excluding tert-OH is 1. The lowest BCUT2D eigenvalue weighted by atomic mass is 9.97. The first kappa shape index (κ1) is 12.9. The van der Waals surface area contributed by atoms with Gasteiger partial charge < -0.3 is 9.84 Å². The molecular weight excluding hydrogens is 235 g/mol. The summed E-state index contributed by atoms with van der Waals surface area (Å²) in [4.78, 5) is 11.2. The quantitative estimate of drug-likeness (QED) is 0.833. The normalized spacial score (nSPS) is 14.3. The first-order chi connectivity index (χ1) is 7.45. The largest absolute Gasteiger partial charge is 0.469 e. The predicted octanol–water partition coefficient (Wildman–Crippen LogP) is 2.32. The van der Waals surface area contributed by atoms with Gasteiger partial charge in [-0.3, -0.25) is 4.79 Å². The van der Waals surface area contributed by atoms with Crippen LogP contribution >= 0.6 is 11.6 Å². The zero-order chi connectivity index (χ0) is 12.3. The second kappa shape index (κ2) is 5.27. The zero-order valence-electron chi connectivity index (χ0n) is 8.91. The van der Waals surface area contributed by atoms with Gasteiger partial charge in [0.05, 0.1) is 19.1 Å². The second-order valence-electron chi connectivity index (χ2n) is 3.46. The average molecular weight is 247 g/mol. The van der Waals surface area contributed by atoms with E-state index in [0.29, 0.717) is 0 Å². The van der Waals surface area contributed by atoms with Gasteiger partial charge in [0.1, 0.15) is 5.82 Å². The molecule has 1 aromatic carbocycles. The fourth-order valence-corrected chi connectivity index (χ4v) is 1.58. The molecule has 0 aliphatic rings. The number of ether oxygens (including phenoxy) is 1. The molecule has 1 N–H and O–H groups in total. The molecule has 16 heavy (non-hydrogen) atoms. The van der Waals surface area contributed by atoms with E-state index in [1.165, 1.54) is 20.1 Å². The third-order valence-electron chi connectivity index (χ3n) is 2.27. The molecule has 1 aromatic rings. The summed E-state index contributed by atoms with van der Waals surface area (Å²) in [7, 11) is 1.23. The highest BCUT2D eigenvalue weighted by atomic mass is 35.5. The van der Waals surface area contributed by atoms with Crippen molar-refractivity contribution in [1.82, 2.24) is 0 Å². The summed E-state index contributed by atoms with van der Waals surface area (Å²) in [5, 5.41) is 9.99. The van der Waals surface area contributed by atoms with E-state index in [2.05, 4.69) is 4.74 Å². The number of aliphatic hydroxyl groups is 1. The maximum atomic E-state index is 13.0. The number of hydrogen-bond acceptors (Lipinski definition) is 3. The molecule has 2 atom stereocenters. The van der Waals surface area contributed by atoms with Gasteiger partial charge in [-0.15, -0.1) is 0 Å². The predicted molar refractivity (Wildman–Crippen MR) is 57.5 cm³/mol. The van der Waals surface area contributed by atoms with Crippen LogP contribution in [0.1, 0.15) is 18.6 Å². The molecule has 5 heteroatoms. The highest BCUT2D eigenvalue weighted by Gasteiger charge is 2.24. The van der Waals surface area contributed by atoms with Crippen molar-refractivity contribution in [3.8, 4) is 0 Å². The lowest BCUT2D eigenvalue weighted by molar-refractivity contribution is -0.148. The van der Waals surface area contributed by atoms with Crippen LogP contribution in [-0.2, 0) is 9.53 Å². The second-order valence-corrected chi connectivity index (χ2v) is 3.90. The summed E-state index contributed by atoms with van der Waals surface area (Å²) in [6, 6.07) is 3.67. The smallest absolute Gasteiger partial charge is 0.311 e. The lowest BCUT2D eigenvalue weighted by Crippen LogP contribution is -2.20. The molecule has 0 spiro atoms. The Morgan fingerprint density at radius 1 is 1.50 bits per heavy atom. The van der Waals surface area contributed by atoms with Gasteiger partial charge in [-0.25, -0.2) is 4.39 Å². The molecule has 0 aromatic heterocycles. The van der Waals surface area contributed by atoms with Crippen LogP contribution in [0, 0.1) is 11.7 Å². The van der Waals surface area contributed by atoms with Gasteiger partial charge in [-0.2, -0.15) is 0 Å². The fraction of sp³-hybridized carbons (Fsp3) is 0.364. The summed E-state index contributed by atoms with van der Waals surface area (Å²) in [5.41, 5.74) is 0.253. The van der Waals surface area contributed by atoms with Crippen LogP contribution in [0.25, 0.3) is 0 Å². The van der Waals surface area contributed by atoms with Crippen molar-refractivity contribution < 1.29 is 19.0 Å². The van der Waals surface area contributed by atoms with E-state index < -0.39 is 23.8 Å². The maximum Gasteiger partial charge on any atom is 0.311 e. The molecule has 0 radical (unpaired) electrons. The van der Waals surface area contributed by atoms with Crippen LogP contribution in [0.4, 0.5) is 4.39 Å². The van der Waals surface area contributed by atoms with E-state index >= 15 is 0 Å². The number of benzene rings is 1. The number of halogens is 2. The molecule has 0 aliphatic carbocycles. The number of carbonyl (C=O) groups excluding carboxylic acids is 1. The first-order valence-corrected chi connectivity index (χ1v) is 5.05. The molecule has 0 fully saturated rings. The Morgan fingerprint density at radius 2 is 2.12 bits per heavy atom. The minimum absolute atomic E-state index is 0.172. The van der Waals surface area contributed by atoms with Crippen LogP contribution < -0.4 is 0 Å². The van der Waals surface area contributed by atoms with Crippen LogP contribution in [-0.4, -0.2) is 18.2 Å². The Labute approximate surface area is 97.8 Å². The Bertz CT molecular complexity index is 375. The summed E-state index contributed by atoms with van der Waals surface area (Å²) in [6.45, 7) is 1.50. The monoisotopic (exact) mass is 246 g/mol. The summed E-state index contributed by atoms with van der Waals surface area (Å²) >= 11 is 5.65. The van der Waals surface area contributed by atoms with Gasteiger partial charge in [0.15, 0.2) is 0 Å². The van der Waals surface area contributed by atoms with Crippen LogP contribution in [0.2, 0.25) is 5.02 Å². The van der Waals surface area contributed by atoms with E-state index in [0.717, 1.165) is 12.1 Å². The van der Waals surface area contributed by atoms with Gasteiger partial charge in [-0.1, -0.05) is 11.6 Å². The van der Waals surface area contributed by atoms with E-state index in [1.807, 2.05) is 0 Å².